The maximum absolute atomic E-state index is 12.4. The summed E-state index contributed by atoms with van der Waals surface area (Å²) in [6, 6.07) is 10.0. The second-order valence-electron chi connectivity index (χ2n) is 5.64. The average Bonchev–Trinajstić information content (AvgIpc) is 3.20. The number of rotatable bonds is 6. The van der Waals surface area contributed by atoms with Crippen LogP contribution in [0.4, 0.5) is 5.69 Å². The molecule has 0 aliphatic heterocycles. The van der Waals surface area contributed by atoms with Crippen molar-refractivity contribution in [1.82, 2.24) is 0 Å². The predicted octanol–water partition coefficient (Wildman–Crippen LogP) is 7.39. The molecule has 0 bridgehead atoms. The van der Waals surface area contributed by atoms with E-state index in [1.54, 1.807) is 37.4 Å². The molecule has 0 saturated carbocycles. The summed E-state index contributed by atoms with van der Waals surface area (Å²) < 4.78 is 16.2. The zero-order valence-electron chi connectivity index (χ0n) is 14.7. The fourth-order valence-electron chi connectivity index (χ4n) is 2.33. The van der Waals surface area contributed by atoms with Crippen molar-refractivity contribution in [1.29, 1.82) is 0 Å². The first-order valence-electron chi connectivity index (χ1n) is 8.00. The molecule has 0 aliphatic rings. The Bertz CT molecular complexity index is 1040. The van der Waals surface area contributed by atoms with Gasteiger partial charge in [-0.1, -0.05) is 64.1 Å². The highest BCUT2D eigenvalue weighted by Gasteiger charge is 2.21. The zero-order chi connectivity index (χ0) is 21.1. The van der Waals surface area contributed by atoms with E-state index in [0.29, 0.717) is 17.2 Å². The van der Waals surface area contributed by atoms with Gasteiger partial charge in [0, 0.05) is 11.8 Å². The number of furan rings is 1. The maximum atomic E-state index is 12.4. The molecule has 0 saturated heterocycles. The van der Waals surface area contributed by atoms with Crippen molar-refractivity contribution in [3.8, 4) is 11.5 Å². The van der Waals surface area contributed by atoms with Gasteiger partial charge in [-0.25, -0.2) is 0 Å². The van der Waals surface area contributed by atoms with Crippen LogP contribution in [0, 0.1) is 0 Å². The van der Waals surface area contributed by atoms with Gasteiger partial charge in [0.05, 0.1) is 22.2 Å². The van der Waals surface area contributed by atoms with Gasteiger partial charge >= 0.3 is 0 Å². The van der Waals surface area contributed by atoms with Crippen molar-refractivity contribution < 1.29 is 18.7 Å². The van der Waals surface area contributed by atoms with E-state index in [9.17, 15) is 4.79 Å². The van der Waals surface area contributed by atoms with Crippen LogP contribution in [0.25, 0.3) is 0 Å². The molecule has 0 unspecified atom stereocenters. The van der Waals surface area contributed by atoms with Gasteiger partial charge in [0.1, 0.15) is 28.2 Å². The third-order valence-electron chi connectivity index (χ3n) is 3.74. The van der Waals surface area contributed by atoms with Crippen molar-refractivity contribution in [2.45, 2.75) is 6.61 Å². The summed E-state index contributed by atoms with van der Waals surface area (Å²) in [6.07, 6.45) is 0. The molecule has 1 N–H and O–H groups in total. The van der Waals surface area contributed by atoms with E-state index in [1.807, 2.05) is 0 Å². The number of hydrogen-bond acceptors (Lipinski definition) is 4. The smallest absolute Gasteiger partial charge is 0.291 e. The largest absolute Gasteiger partial charge is 0.497 e. The van der Waals surface area contributed by atoms with Gasteiger partial charge in [0.15, 0.2) is 11.5 Å². The zero-order valence-corrected chi connectivity index (χ0v) is 18.5. The number of amides is 1. The highest BCUT2D eigenvalue weighted by atomic mass is 35.5. The lowest BCUT2D eigenvalue weighted by Crippen LogP contribution is -2.10. The van der Waals surface area contributed by atoms with Gasteiger partial charge in [0.25, 0.3) is 5.91 Å². The minimum Gasteiger partial charge on any atom is -0.497 e. The van der Waals surface area contributed by atoms with Crippen LogP contribution < -0.4 is 14.8 Å². The number of carbonyl (C=O) groups excluding carboxylic acids is 1. The van der Waals surface area contributed by atoms with Crippen LogP contribution >= 0.6 is 58.0 Å². The van der Waals surface area contributed by atoms with Crippen molar-refractivity contribution >= 4 is 69.6 Å². The van der Waals surface area contributed by atoms with E-state index in [-0.39, 0.29) is 43.2 Å². The molecule has 29 heavy (non-hydrogen) atoms. The Morgan fingerprint density at radius 1 is 0.966 bits per heavy atom. The van der Waals surface area contributed by atoms with Crippen LogP contribution in [0.5, 0.6) is 11.5 Å². The third-order valence-corrected chi connectivity index (χ3v) is 5.98. The second-order valence-corrected chi connectivity index (χ2v) is 7.53. The number of methoxy groups -OCH3 is 1. The normalized spacial score (nSPS) is 10.7. The van der Waals surface area contributed by atoms with Gasteiger partial charge in [-0.15, -0.1) is 0 Å². The van der Waals surface area contributed by atoms with Gasteiger partial charge in [0.2, 0.25) is 0 Å². The Hall–Kier alpha value is -1.76. The maximum Gasteiger partial charge on any atom is 0.291 e. The fourth-order valence-corrected chi connectivity index (χ4v) is 3.56. The number of halogens is 5. The highest BCUT2D eigenvalue weighted by molar-refractivity contribution is 6.55. The summed E-state index contributed by atoms with van der Waals surface area (Å²) in [5.74, 6) is 0.695. The summed E-state index contributed by atoms with van der Waals surface area (Å²) in [6.45, 7) is -0.0693. The van der Waals surface area contributed by atoms with Gasteiger partial charge < -0.3 is 19.2 Å². The second kappa shape index (κ2) is 9.37. The number of benzene rings is 2. The van der Waals surface area contributed by atoms with Crippen LogP contribution in [0.3, 0.4) is 0 Å². The summed E-state index contributed by atoms with van der Waals surface area (Å²) in [5.41, 5.74) is 0.563. The Morgan fingerprint density at radius 3 is 2.28 bits per heavy atom. The molecule has 0 atom stereocenters. The highest BCUT2D eigenvalue weighted by Crippen LogP contribution is 2.48. The van der Waals surface area contributed by atoms with E-state index in [1.165, 1.54) is 6.07 Å². The van der Waals surface area contributed by atoms with Crippen LogP contribution in [0.2, 0.25) is 25.1 Å². The monoisotopic (exact) mass is 493 g/mol. The predicted molar refractivity (Wildman–Crippen MR) is 115 cm³/mol. The van der Waals surface area contributed by atoms with Crippen LogP contribution in [0.15, 0.2) is 40.8 Å². The van der Waals surface area contributed by atoms with Gasteiger partial charge in [-0.3, -0.25) is 4.79 Å². The molecule has 1 heterocycles. The van der Waals surface area contributed by atoms with E-state index >= 15 is 0 Å². The minimum absolute atomic E-state index is 0.0219. The first-order chi connectivity index (χ1) is 13.8. The molecule has 0 aliphatic carbocycles. The van der Waals surface area contributed by atoms with Gasteiger partial charge in [-0.05, 0) is 24.3 Å². The number of carbonyl (C=O) groups is 1. The van der Waals surface area contributed by atoms with Crippen molar-refractivity contribution in [3.05, 3.63) is 73.0 Å². The number of anilines is 1. The van der Waals surface area contributed by atoms with E-state index in [4.69, 9.17) is 71.9 Å². The molecule has 0 radical (unpaired) electrons. The Balaban J connectivity index is 1.70. The molecule has 152 valence electrons. The van der Waals surface area contributed by atoms with E-state index in [2.05, 4.69) is 5.32 Å². The molecule has 0 fully saturated rings. The number of hydrogen-bond donors (Lipinski definition) is 1. The van der Waals surface area contributed by atoms with Crippen molar-refractivity contribution in [3.63, 3.8) is 0 Å². The SMILES string of the molecule is COc1cccc(NC(=O)c2ccc(COc3c(Cl)c(Cl)c(Cl)c(Cl)c3Cl)o2)c1. The van der Waals surface area contributed by atoms with E-state index < -0.39 is 5.91 Å². The lowest BCUT2D eigenvalue weighted by molar-refractivity contribution is 0.0992. The molecule has 1 aromatic heterocycles. The molecule has 10 heteroatoms. The molecule has 3 aromatic rings. The Morgan fingerprint density at radius 2 is 1.62 bits per heavy atom. The quantitative estimate of drug-likeness (QED) is 0.286. The van der Waals surface area contributed by atoms with Gasteiger partial charge in [-0.2, -0.15) is 0 Å². The lowest BCUT2D eigenvalue weighted by atomic mass is 10.3. The Kier molecular flexibility index (Phi) is 7.09. The summed E-state index contributed by atoms with van der Waals surface area (Å²) in [5, 5.41) is 2.84. The third kappa shape index (κ3) is 4.87. The number of ether oxygens (including phenoxy) is 2. The summed E-state index contributed by atoms with van der Waals surface area (Å²) in [4.78, 5) is 12.4. The molecule has 2 aromatic carbocycles. The number of nitrogens with one attached hydrogen (secondary N) is 1. The summed E-state index contributed by atoms with van der Waals surface area (Å²) >= 11 is 30.2. The summed E-state index contributed by atoms with van der Waals surface area (Å²) in [7, 11) is 1.54. The average molecular weight is 496 g/mol. The first-order valence-corrected chi connectivity index (χ1v) is 9.89. The van der Waals surface area contributed by atoms with Crippen LogP contribution in [-0.4, -0.2) is 13.0 Å². The Labute approximate surface area is 191 Å². The van der Waals surface area contributed by atoms with Crippen LogP contribution in [0.1, 0.15) is 16.3 Å². The molecule has 0 spiro atoms. The molecule has 3 rings (SSSR count). The minimum atomic E-state index is -0.432. The van der Waals surface area contributed by atoms with Crippen molar-refractivity contribution in [2.24, 2.45) is 0 Å². The molecular weight excluding hydrogens is 483 g/mol. The molecule has 5 nitrogen and oxygen atoms in total. The fraction of sp³-hybridized carbons (Fsp3) is 0.105. The first kappa shape index (κ1) is 21.9. The molecular formula is C19H12Cl5NO4. The van der Waals surface area contributed by atoms with Crippen LogP contribution in [-0.2, 0) is 6.61 Å². The molecule has 1 amide bonds. The standard InChI is InChI=1S/C19H12Cl5NO4/c1-27-10-4-2-3-9(7-10)25-19(26)12-6-5-11(29-12)8-28-18-16(23)14(21)13(20)15(22)17(18)24/h2-7H,8H2,1H3,(H,25,26). The van der Waals surface area contributed by atoms with Crippen molar-refractivity contribution in [2.75, 3.05) is 12.4 Å². The van der Waals surface area contributed by atoms with E-state index in [0.717, 1.165) is 0 Å². The lowest BCUT2D eigenvalue weighted by Gasteiger charge is -2.12. The topological polar surface area (TPSA) is 60.7 Å².